The maximum Gasteiger partial charge on any atom is 0.417 e. The van der Waals surface area contributed by atoms with Gasteiger partial charge in [0, 0.05) is 37.0 Å². The molecule has 0 saturated carbocycles. The van der Waals surface area contributed by atoms with Gasteiger partial charge in [-0.25, -0.2) is 13.4 Å². The number of rotatable bonds is 5. The predicted molar refractivity (Wildman–Crippen MR) is 128 cm³/mol. The molecule has 6 nitrogen and oxygen atoms in total. The van der Waals surface area contributed by atoms with Crippen molar-refractivity contribution in [3.63, 3.8) is 0 Å². The summed E-state index contributed by atoms with van der Waals surface area (Å²) in [6.07, 6.45) is -0.711. The molecule has 1 saturated heterocycles. The van der Waals surface area contributed by atoms with Crippen LogP contribution < -0.4 is 5.32 Å². The van der Waals surface area contributed by atoms with E-state index in [0.29, 0.717) is 31.7 Å². The molecule has 4 aromatic rings. The fraction of sp³-hybridized carbons (Fsp3) is 0.240. The molecule has 0 aliphatic carbocycles. The Balaban J connectivity index is 1.22. The summed E-state index contributed by atoms with van der Waals surface area (Å²) < 4.78 is 65.9. The third-order valence-corrected chi connectivity index (χ3v) is 8.19. The Morgan fingerprint density at radius 3 is 2.31 bits per heavy atom. The van der Waals surface area contributed by atoms with Crippen LogP contribution >= 0.6 is 0 Å². The number of hydrogen-bond donors (Lipinski definition) is 2. The third kappa shape index (κ3) is 4.89. The van der Waals surface area contributed by atoms with E-state index < -0.39 is 21.8 Å². The maximum atomic E-state index is 13.2. The Hall–Kier alpha value is -3.37. The molecule has 0 radical (unpaired) electrons. The molecule has 0 atom stereocenters. The summed E-state index contributed by atoms with van der Waals surface area (Å²) >= 11 is 0. The van der Waals surface area contributed by atoms with Crippen molar-refractivity contribution in [2.24, 2.45) is 0 Å². The number of nitrogens with zero attached hydrogens (tertiary/aromatic N) is 2. The maximum absolute atomic E-state index is 13.2. The van der Waals surface area contributed by atoms with Crippen molar-refractivity contribution in [3.05, 3.63) is 78.6 Å². The molecular formula is C25H23F3N4O2S. The molecule has 5 rings (SSSR count). The lowest BCUT2D eigenvalue weighted by Gasteiger charge is -2.32. The Morgan fingerprint density at radius 2 is 1.66 bits per heavy atom. The highest BCUT2D eigenvalue weighted by molar-refractivity contribution is 7.89. The number of piperidine rings is 1. The molecule has 35 heavy (non-hydrogen) atoms. The first-order valence-corrected chi connectivity index (χ1v) is 12.6. The first-order valence-electron chi connectivity index (χ1n) is 11.2. The number of anilines is 1. The lowest BCUT2D eigenvalue weighted by atomic mass is 10.0. The number of benzene rings is 2. The SMILES string of the molecule is O=S(=O)(c1ccc(-c2ccc3[nH]ccc3c2)cc1)N1CCC(Nc2ccc(C(F)(F)F)cn2)CC1. The van der Waals surface area contributed by atoms with Gasteiger partial charge in [-0.1, -0.05) is 18.2 Å². The average molecular weight is 501 g/mol. The van der Waals surface area contributed by atoms with Crippen LogP contribution in [0.1, 0.15) is 18.4 Å². The molecule has 2 N–H and O–H groups in total. The smallest absolute Gasteiger partial charge is 0.367 e. The van der Waals surface area contributed by atoms with Gasteiger partial charge in [-0.3, -0.25) is 0 Å². The normalized spacial score (nSPS) is 16.0. The number of fused-ring (bicyclic) bond motifs is 1. The minimum absolute atomic E-state index is 0.0728. The minimum Gasteiger partial charge on any atom is -0.367 e. The molecule has 1 fully saturated rings. The highest BCUT2D eigenvalue weighted by Crippen LogP contribution is 2.30. The summed E-state index contributed by atoms with van der Waals surface area (Å²) in [6, 6.07) is 17.1. The third-order valence-electron chi connectivity index (χ3n) is 6.28. The van der Waals surface area contributed by atoms with Crippen LogP contribution in [0.15, 0.2) is 78.0 Å². The van der Waals surface area contributed by atoms with Gasteiger partial charge >= 0.3 is 6.18 Å². The van der Waals surface area contributed by atoms with E-state index in [0.717, 1.165) is 34.3 Å². The minimum atomic E-state index is -4.43. The van der Waals surface area contributed by atoms with Crippen LogP contribution in [0, 0.1) is 0 Å². The second-order valence-corrected chi connectivity index (χ2v) is 10.5. The molecule has 0 amide bonds. The van der Waals surface area contributed by atoms with E-state index in [2.05, 4.69) is 21.4 Å². The largest absolute Gasteiger partial charge is 0.417 e. The molecular weight excluding hydrogens is 477 g/mol. The highest BCUT2D eigenvalue weighted by atomic mass is 32.2. The molecule has 182 valence electrons. The first kappa shape index (κ1) is 23.4. The number of pyridine rings is 1. The Labute approximate surface area is 200 Å². The van der Waals surface area contributed by atoms with E-state index in [-0.39, 0.29) is 10.9 Å². The summed E-state index contributed by atoms with van der Waals surface area (Å²) in [4.78, 5) is 7.23. The van der Waals surface area contributed by atoms with Crippen molar-refractivity contribution in [2.75, 3.05) is 18.4 Å². The lowest BCUT2D eigenvalue weighted by molar-refractivity contribution is -0.137. The second-order valence-electron chi connectivity index (χ2n) is 8.56. The number of H-pyrrole nitrogens is 1. The number of aromatic amines is 1. The van der Waals surface area contributed by atoms with Gasteiger partial charge in [-0.05, 0) is 71.8 Å². The zero-order valence-electron chi connectivity index (χ0n) is 18.6. The Bertz CT molecular complexity index is 1420. The lowest BCUT2D eigenvalue weighted by Crippen LogP contribution is -2.42. The summed E-state index contributed by atoms with van der Waals surface area (Å²) in [5.74, 6) is 0.340. The fourth-order valence-electron chi connectivity index (χ4n) is 4.30. The number of nitrogens with one attached hydrogen (secondary N) is 2. The van der Waals surface area contributed by atoms with Gasteiger partial charge in [0.15, 0.2) is 0 Å². The van der Waals surface area contributed by atoms with Gasteiger partial charge in [0.1, 0.15) is 5.82 Å². The van der Waals surface area contributed by atoms with Crippen molar-refractivity contribution in [1.82, 2.24) is 14.3 Å². The van der Waals surface area contributed by atoms with Crippen LogP contribution in [0.5, 0.6) is 0 Å². The van der Waals surface area contributed by atoms with Gasteiger partial charge in [0.25, 0.3) is 0 Å². The van der Waals surface area contributed by atoms with Crippen molar-refractivity contribution in [2.45, 2.75) is 30.0 Å². The van der Waals surface area contributed by atoms with Gasteiger partial charge in [-0.2, -0.15) is 17.5 Å². The molecule has 0 spiro atoms. The quantitative estimate of drug-likeness (QED) is 0.379. The number of hydrogen-bond acceptors (Lipinski definition) is 4. The monoisotopic (exact) mass is 500 g/mol. The Morgan fingerprint density at radius 1 is 0.943 bits per heavy atom. The van der Waals surface area contributed by atoms with E-state index in [1.165, 1.54) is 10.4 Å². The van der Waals surface area contributed by atoms with Crippen LogP contribution in [-0.2, 0) is 16.2 Å². The zero-order valence-corrected chi connectivity index (χ0v) is 19.4. The van der Waals surface area contributed by atoms with Crippen molar-refractivity contribution < 1.29 is 21.6 Å². The second kappa shape index (κ2) is 9.01. The first-order chi connectivity index (χ1) is 16.7. The van der Waals surface area contributed by atoms with Crippen molar-refractivity contribution in [1.29, 1.82) is 0 Å². The molecule has 3 heterocycles. The van der Waals surface area contributed by atoms with E-state index in [4.69, 9.17) is 0 Å². The summed E-state index contributed by atoms with van der Waals surface area (Å²) in [7, 11) is -3.65. The van der Waals surface area contributed by atoms with E-state index >= 15 is 0 Å². The number of aromatic nitrogens is 2. The molecule has 0 bridgehead atoms. The summed E-state index contributed by atoms with van der Waals surface area (Å²) in [5, 5.41) is 4.19. The average Bonchev–Trinajstić information content (AvgIpc) is 3.32. The molecule has 1 aliphatic heterocycles. The summed E-state index contributed by atoms with van der Waals surface area (Å²) in [6.45, 7) is 0.624. The number of sulfonamides is 1. The van der Waals surface area contributed by atoms with Crippen LogP contribution in [0.4, 0.5) is 19.0 Å². The fourth-order valence-corrected chi connectivity index (χ4v) is 5.77. The molecule has 10 heteroatoms. The van der Waals surface area contributed by atoms with Crippen molar-refractivity contribution in [3.8, 4) is 11.1 Å². The predicted octanol–water partition coefficient (Wildman–Crippen LogP) is 5.51. The van der Waals surface area contributed by atoms with E-state index in [1.807, 2.05) is 36.5 Å². The van der Waals surface area contributed by atoms with Gasteiger partial charge in [0.05, 0.1) is 10.5 Å². The molecule has 2 aromatic carbocycles. The van der Waals surface area contributed by atoms with E-state index in [1.54, 1.807) is 12.1 Å². The van der Waals surface area contributed by atoms with Crippen LogP contribution in [-0.4, -0.2) is 41.8 Å². The molecule has 1 aliphatic rings. The molecule has 2 aromatic heterocycles. The number of alkyl halides is 3. The van der Waals surface area contributed by atoms with Crippen LogP contribution in [0.3, 0.4) is 0 Å². The highest BCUT2D eigenvalue weighted by Gasteiger charge is 2.31. The standard InChI is InChI=1S/C25H23F3N4O2S/c26-25(27,28)20-4-8-24(30-16-20)31-21-10-13-32(14-11-21)35(33,34)22-5-1-17(2-6-22)18-3-7-23-19(15-18)9-12-29-23/h1-9,12,15-16,21,29H,10-11,13-14H2,(H,30,31). The molecule has 0 unspecified atom stereocenters. The summed E-state index contributed by atoms with van der Waals surface area (Å²) in [5.41, 5.74) is 2.17. The topological polar surface area (TPSA) is 78.1 Å². The van der Waals surface area contributed by atoms with Gasteiger partial charge in [-0.15, -0.1) is 0 Å². The van der Waals surface area contributed by atoms with Crippen LogP contribution in [0.2, 0.25) is 0 Å². The zero-order chi connectivity index (χ0) is 24.6. The van der Waals surface area contributed by atoms with Gasteiger partial charge < -0.3 is 10.3 Å². The van der Waals surface area contributed by atoms with Crippen molar-refractivity contribution >= 4 is 26.7 Å². The van der Waals surface area contributed by atoms with Crippen LogP contribution in [0.25, 0.3) is 22.0 Å². The van der Waals surface area contributed by atoms with Gasteiger partial charge in [0.2, 0.25) is 10.0 Å². The Kier molecular flexibility index (Phi) is 6.02. The number of halogens is 3. The van der Waals surface area contributed by atoms with E-state index in [9.17, 15) is 21.6 Å².